The van der Waals surface area contributed by atoms with Crippen LogP contribution in [-0.4, -0.2) is 29.9 Å². The van der Waals surface area contributed by atoms with Crippen molar-refractivity contribution in [3.63, 3.8) is 0 Å². The van der Waals surface area contributed by atoms with Crippen molar-refractivity contribution in [3.05, 3.63) is 0 Å². The van der Waals surface area contributed by atoms with Crippen molar-refractivity contribution in [1.29, 1.82) is 0 Å². The van der Waals surface area contributed by atoms with E-state index in [4.69, 9.17) is 5.73 Å². The van der Waals surface area contributed by atoms with Gasteiger partial charge in [0.1, 0.15) is 0 Å². The molecule has 0 aliphatic heterocycles. The maximum Gasteiger partial charge on any atom is 0.224 e. The topological polar surface area (TPSA) is 46.3 Å². The van der Waals surface area contributed by atoms with Gasteiger partial charge in [0.25, 0.3) is 0 Å². The average Bonchev–Trinajstić information content (AvgIpc) is 2.28. The molecule has 1 aliphatic rings. The van der Waals surface area contributed by atoms with Gasteiger partial charge in [-0.3, -0.25) is 4.79 Å². The lowest BCUT2D eigenvalue weighted by atomic mass is 9.85. The molecule has 2 N–H and O–H groups in total. The lowest BCUT2D eigenvalue weighted by molar-refractivity contribution is -0.134. The van der Waals surface area contributed by atoms with Gasteiger partial charge in [0.2, 0.25) is 5.91 Å². The van der Waals surface area contributed by atoms with E-state index in [1.165, 1.54) is 19.3 Å². The molecule has 1 rings (SSSR count). The second-order valence-corrected chi connectivity index (χ2v) is 5.95. The summed E-state index contributed by atoms with van der Waals surface area (Å²) >= 11 is 0. The molecule has 0 spiro atoms. The highest BCUT2D eigenvalue weighted by atomic mass is 16.2. The smallest absolute Gasteiger partial charge is 0.224 e. The molecule has 3 heteroatoms. The molecule has 3 unspecified atom stereocenters. The molecule has 1 aliphatic carbocycles. The Morgan fingerprint density at radius 2 is 1.94 bits per heavy atom. The third kappa shape index (κ3) is 3.98. The predicted molar refractivity (Wildman–Crippen MR) is 71.6 cm³/mol. The third-order valence-corrected chi connectivity index (χ3v) is 4.22. The number of nitrogens with zero attached hydrogens (tertiary/aromatic N) is 1. The Morgan fingerprint density at radius 3 is 2.47 bits per heavy atom. The Labute approximate surface area is 106 Å². The van der Waals surface area contributed by atoms with E-state index in [2.05, 4.69) is 20.8 Å². The number of hydrogen-bond donors (Lipinski definition) is 1. The average molecular weight is 240 g/mol. The van der Waals surface area contributed by atoms with Crippen molar-refractivity contribution < 1.29 is 4.79 Å². The molecule has 0 saturated heterocycles. The van der Waals surface area contributed by atoms with Crippen LogP contribution in [0.2, 0.25) is 0 Å². The van der Waals surface area contributed by atoms with Gasteiger partial charge in [0, 0.05) is 25.6 Å². The fourth-order valence-electron chi connectivity index (χ4n) is 2.64. The molecule has 3 atom stereocenters. The normalized spacial score (nSPS) is 26.9. The molecule has 17 heavy (non-hydrogen) atoms. The van der Waals surface area contributed by atoms with Crippen LogP contribution in [0.3, 0.4) is 0 Å². The summed E-state index contributed by atoms with van der Waals surface area (Å²) in [7, 11) is 1.95. The van der Waals surface area contributed by atoms with Gasteiger partial charge in [0.05, 0.1) is 0 Å². The lowest BCUT2D eigenvalue weighted by Crippen LogP contribution is -2.45. The number of rotatable bonds is 4. The van der Waals surface area contributed by atoms with Crippen molar-refractivity contribution in [2.24, 2.45) is 17.6 Å². The highest BCUT2D eigenvalue weighted by molar-refractivity contribution is 5.76. The van der Waals surface area contributed by atoms with Crippen LogP contribution in [-0.2, 0) is 4.79 Å². The van der Waals surface area contributed by atoms with Gasteiger partial charge in [-0.05, 0) is 24.7 Å². The minimum Gasteiger partial charge on any atom is -0.342 e. The molecule has 0 bridgehead atoms. The SMILES string of the molecule is CC(C)C(N)CC(=O)N(C)C1CCCCC1C. The molecule has 1 saturated carbocycles. The summed E-state index contributed by atoms with van der Waals surface area (Å²) in [6.07, 6.45) is 5.45. The van der Waals surface area contributed by atoms with Gasteiger partial charge in [-0.1, -0.05) is 33.6 Å². The first-order chi connectivity index (χ1) is 7.93. The van der Waals surface area contributed by atoms with Crippen molar-refractivity contribution in [2.75, 3.05) is 7.05 Å². The van der Waals surface area contributed by atoms with Gasteiger partial charge in [-0.2, -0.15) is 0 Å². The molecule has 0 aromatic carbocycles. The summed E-state index contributed by atoms with van der Waals surface area (Å²) < 4.78 is 0. The van der Waals surface area contributed by atoms with Crippen LogP contribution in [0.5, 0.6) is 0 Å². The summed E-state index contributed by atoms with van der Waals surface area (Å²) in [5.74, 6) is 1.22. The fraction of sp³-hybridized carbons (Fsp3) is 0.929. The lowest BCUT2D eigenvalue weighted by Gasteiger charge is -2.37. The molecule has 0 heterocycles. The van der Waals surface area contributed by atoms with Crippen LogP contribution in [0.4, 0.5) is 0 Å². The number of nitrogens with two attached hydrogens (primary N) is 1. The first-order valence-electron chi connectivity index (χ1n) is 6.94. The van der Waals surface area contributed by atoms with Crippen molar-refractivity contribution in [1.82, 2.24) is 4.90 Å². The van der Waals surface area contributed by atoms with E-state index >= 15 is 0 Å². The molecule has 1 fully saturated rings. The Kier molecular flexibility index (Phi) is 5.44. The number of hydrogen-bond acceptors (Lipinski definition) is 2. The summed E-state index contributed by atoms with van der Waals surface area (Å²) in [5, 5.41) is 0. The summed E-state index contributed by atoms with van der Waals surface area (Å²) in [5.41, 5.74) is 5.97. The zero-order valence-electron chi connectivity index (χ0n) is 11.8. The number of carbonyl (C=O) groups excluding carboxylic acids is 1. The van der Waals surface area contributed by atoms with Crippen molar-refractivity contribution in [2.45, 2.75) is 65.0 Å². The van der Waals surface area contributed by atoms with Crippen molar-refractivity contribution in [3.8, 4) is 0 Å². The van der Waals surface area contributed by atoms with Gasteiger partial charge in [-0.25, -0.2) is 0 Å². The molecule has 1 amide bonds. The zero-order chi connectivity index (χ0) is 13.0. The van der Waals surface area contributed by atoms with Crippen LogP contribution in [0.1, 0.15) is 52.9 Å². The second-order valence-electron chi connectivity index (χ2n) is 5.95. The van der Waals surface area contributed by atoms with Gasteiger partial charge in [0.15, 0.2) is 0 Å². The first kappa shape index (κ1) is 14.5. The quantitative estimate of drug-likeness (QED) is 0.820. The van der Waals surface area contributed by atoms with Gasteiger partial charge < -0.3 is 10.6 Å². The largest absolute Gasteiger partial charge is 0.342 e. The summed E-state index contributed by atoms with van der Waals surface area (Å²) in [6, 6.07) is 0.416. The minimum atomic E-state index is -0.0103. The van der Waals surface area contributed by atoms with E-state index in [0.717, 1.165) is 6.42 Å². The minimum absolute atomic E-state index is 0.0103. The van der Waals surface area contributed by atoms with Crippen molar-refractivity contribution >= 4 is 5.91 Å². The molecule has 0 radical (unpaired) electrons. The van der Waals surface area contributed by atoms with E-state index in [0.29, 0.717) is 24.3 Å². The predicted octanol–water partition coefficient (Wildman–Crippen LogP) is 2.40. The molecular weight excluding hydrogens is 212 g/mol. The monoisotopic (exact) mass is 240 g/mol. The molecule has 100 valence electrons. The first-order valence-corrected chi connectivity index (χ1v) is 6.94. The Morgan fingerprint density at radius 1 is 1.35 bits per heavy atom. The zero-order valence-corrected chi connectivity index (χ0v) is 11.8. The van der Waals surface area contributed by atoms with Crippen LogP contribution >= 0.6 is 0 Å². The Bertz CT molecular complexity index is 253. The van der Waals surface area contributed by atoms with E-state index in [-0.39, 0.29) is 11.9 Å². The molecule has 0 aromatic rings. The number of carbonyl (C=O) groups is 1. The fourth-order valence-corrected chi connectivity index (χ4v) is 2.64. The molecular formula is C14H28N2O. The molecule has 3 nitrogen and oxygen atoms in total. The maximum atomic E-state index is 12.1. The van der Waals surface area contributed by atoms with Crippen LogP contribution in [0.15, 0.2) is 0 Å². The highest BCUT2D eigenvalue weighted by Gasteiger charge is 2.28. The maximum absolute atomic E-state index is 12.1. The van der Waals surface area contributed by atoms with Crippen LogP contribution < -0.4 is 5.73 Å². The van der Waals surface area contributed by atoms with Gasteiger partial charge >= 0.3 is 0 Å². The highest BCUT2D eigenvalue weighted by Crippen LogP contribution is 2.27. The summed E-state index contributed by atoms with van der Waals surface area (Å²) in [4.78, 5) is 14.1. The standard InChI is InChI=1S/C14H28N2O/c1-10(2)12(15)9-14(17)16(4)13-8-6-5-7-11(13)3/h10-13H,5-9,15H2,1-4H3. The number of amides is 1. The Balaban J connectivity index is 2.50. The summed E-state index contributed by atoms with van der Waals surface area (Å²) in [6.45, 7) is 6.40. The second kappa shape index (κ2) is 6.39. The van der Waals surface area contributed by atoms with Gasteiger partial charge in [-0.15, -0.1) is 0 Å². The third-order valence-electron chi connectivity index (χ3n) is 4.22. The van der Waals surface area contributed by atoms with E-state index in [1.54, 1.807) is 0 Å². The van der Waals surface area contributed by atoms with E-state index in [9.17, 15) is 4.79 Å². The van der Waals surface area contributed by atoms with E-state index < -0.39 is 0 Å². The van der Waals surface area contributed by atoms with E-state index in [1.807, 2.05) is 11.9 Å². The Hall–Kier alpha value is -0.570. The molecule has 0 aromatic heterocycles. The van der Waals surface area contributed by atoms with Crippen LogP contribution in [0.25, 0.3) is 0 Å². The van der Waals surface area contributed by atoms with Crippen LogP contribution in [0, 0.1) is 11.8 Å².